The van der Waals surface area contributed by atoms with Gasteiger partial charge in [-0.05, 0) is 37.0 Å². The smallest absolute Gasteiger partial charge is 0.253 e. The first-order valence-corrected chi connectivity index (χ1v) is 9.41. The molecule has 0 aliphatic carbocycles. The number of fused-ring (bicyclic) bond motifs is 1. The number of benzene rings is 1. The molecule has 1 amide bonds. The van der Waals surface area contributed by atoms with Gasteiger partial charge < -0.3 is 9.64 Å². The first kappa shape index (κ1) is 17.6. The maximum absolute atomic E-state index is 13.0. The van der Waals surface area contributed by atoms with Crippen LogP contribution in [0.5, 0.6) is 0 Å². The number of carbonyl (C=O) groups excluding carboxylic acids is 1. The van der Waals surface area contributed by atoms with Gasteiger partial charge in [0.15, 0.2) is 0 Å². The Morgan fingerprint density at radius 3 is 3.11 bits per heavy atom. The normalized spacial score (nSPS) is 17.4. The predicted octanol–water partition coefficient (Wildman–Crippen LogP) is 2.82. The zero-order chi connectivity index (χ0) is 18.6. The van der Waals surface area contributed by atoms with E-state index in [2.05, 4.69) is 22.0 Å². The molecule has 0 bridgehead atoms. The fourth-order valence-electron chi connectivity index (χ4n) is 3.43. The van der Waals surface area contributed by atoms with E-state index in [9.17, 15) is 4.79 Å². The number of carbonyl (C=O) groups is 1. The Labute approximate surface area is 158 Å². The summed E-state index contributed by atoms with van der Waals surface area (Å²) in [6, 6.07) is 7.66. The van der Waals surface area contributed by atoms with Crippen LogP contribution in [0.25, 0.3) is 16.9 Å². The Bertz CT molecular complexity index is 939. The second kappa shape index (κ2) is 7.84. The van der Waals surface area contributed by atoms with Crippen molar-refractivity contribution in [3.05, 3.63) is 48.5 Å². The van der Waals surface area contributed by atoms with Crippen molar-refractivity contribution in [3.63, 3.8) is 0 Å². The van der Waals surface area contributed by atoms with Gasteiger partial charge in [0.05, 0.1) is 6.10 Å². The SMILES string of the molecule is CCCO[C@H]1CCCN(C(=O)c2cccc(-c3cnc4ncnn4c3)c2)C1. The van der Waals surface area contributed by atoms with Crippen molar-refractivity contribution < 1.29 is 9.53 Å². The van der Waals surface area contributed by atoms with Gasteiger partial charge in [0, 0.05) is 43.2 Å². The fraction of sp³-hybridized carbons (Fsp3) is 0.400. The number of ether oxygens (including phenoxy) is 1. The molecule has 3 aromatic rings. The zero-order valence-corrected chi connectivity index (χ0v) is 15.4. The molecule has 140 valence electrons. The molecule has 1 aliphatic rings. The third kappa shape index (κ3) is 3.83. The van der Waals surface area contributed by atoms with Crippen LogP contribution in [0.4, 0.5) is 0 Å². The summed E-state index contributed by atoms with van der Waals surface area (Å²) < 4.78 is 7.49. The van der Waals surface area contributed by atoms with E-state index < -0.39 is 0 Å². The monoisotopic (exact) mass is 365 g/mol. The highest BCUT2D eigenvalue weighted by Crippen LogP contribution is 2.22. The number of hydrogen-bond acceptors (Lipinski definition) is 5. The molecule has 4 rings (SSSR count). The number of aromatic nitrogens is 4. The summed E-state index contributed by atoms with van der Waals surface area (Å²) in [6.07, 6.45) is 8.23. The van der Waals surface area contributed by atoms with Crippen molar-refractivity contribution in [2.45, 2.75) is 32.3 Å². The van der Waals surface area contributed by atoms with Crippen LogP contribution in [0.2, 0.25) is 0 Å². The minimum Gasteiger partial charge on any atom is -0.376 e. The van der Waals surface area contributed by atoms with Gasteiger partial charge in [-0.1, -0.05) is 19.1 Å². The van der Waals surface area contributed by atoms with Gasteiger partial charge in [-0.25, -0.2) is 9.50 Å². The molecule has 1 fully saturated rings. The highest BCUT2D eigenvalue weighted by molar-refractivity contribution is 5.95. The molecule has 3 heterocycles. The standard InChI is InChI=1S/C20H23N5O2/c1-2-9-27-18-7-4-8-24(13-18)19(26)16-6-3-5-15(10-16)17-11-21-20-22-14-23-25(20)12-17/h3,5-6,10-12,14,18H,2,4,7-9,13H2,1H3/t18-/m0/s1. The van der Waals surface area contributed by atoms with E-state index in [1.165, 1.54) is 6.33 Å². The van der Waals surface area contributed by atoms with Crippen molar-refractivity contribution in [2.24, 2.45) is 0 Å². The van der Waals surface area contributed by atoms with Crippen molar-refractivity contribution in [2.75, 3.05) is 19.7 Å². The second-order valence-electron chi connectivity index (χ2n) is 6.81. The van der Waals surface area contributed by atoms with E-state index >= 15 is 0 Å². The van der Waals surface area contributed by atoms with Crippen LogP contribution in [0, 0.1) is 0 Å². The van der Waals surface area contributed by atoms with Gasteiger partial charge in [0.25, 0.3) is 11.7 Å². The summed E-state index contributed by atoms with van der Waals surface area (Å²) in [5, 5.41) is 4.12. The van der Waals surface area contributed by atoms with E-state index in [0.29, 0.717) is 17.9 Å². The number of nitrogens with zero attached hydrogens (tertiary/aromatic N) is 5. The number of hydrogen-bond donors (Lipinski definition) is 0. The molecule has 2 aromatic heterocycles. The fourth-order valence-corrected chi connectivity index (χ4v) is 3.43. The Hall–Kier alpha value is -2.80. The van der Waals surface area contributed by atoms with Crippen LogP contribution < -0.4 is 0 Å². The summed E-state index contributed by atoms with van der Waals surface area (Å²) in [7, 11) is 0. The summed E-state index contributed by atoms with van der Waals surface area (Å²) >= 11 is 0. The maximum atomic E-state index is 13.0. The summed E-state index contributed by atoms with van der Waals surface area (Å²) in [4.78, 5) is 23.3. The molecule has 1 atom stereocenters. The summed E-state index contributed by atoms with van der Waals surface area (Å²) in [6.45, 7) is 4.29. The van der Waals surface area contributed by atoms with Crippen molar-refractivity contribution in [3.8, 4) is 11.1 Å². The van der Waals surface area contributed by atoms with Gasteiger partial charge in [-0.3, -0.25) is 4.79 Å². The van der Waals surface area contributed by atoms with Crippen LogP contribution in [0.15, 0.2) is 43.0 Å². The van der Waals surface area contributed by atoms with Gasteiger partial charge in [-0.2, -0.15) is 10.1 Å². The average molecular weight is 365 g/mol. The Morgan fingerprint density at radius 1 is 1.30 bits per heavy atom. The lowest BCUT2D eigenvalue weighted by Crippen LogP contribution is -2.43. The lowest BCUT2D eigenvalue weighted by molar-refractivity contribution is 0.00211. The third-order valence-electron chi connectivity index (χ3n) is 4.80. The molecule has 0 radical (unpaired) electrons. The molecule has 0 unspecified atom stereocenters. The first-order chi connectivity index (χ1) is 13.2. The molecule has 0 spiro atoms. The highest BCUT2D eigenvalue weighted by Gasteiger charge is 2.25. The molecule has 1 aliphatic heterocycles. The molecule has 7 heteroatoms. The average Bonchev–Trinajstić information content (AvgIpc) is 3.20. The summed E-state index contributed by atoms with van der Waals surface area (Å²) in [5.74, 6) is 0.605. The van der Waals surface area contributed by atoms with E-state index in [1.54, 1.807) is 10.7 Å². The topological polar surface area (TPSA) is 72.6 Å². The van der Waals surface area contributed by atoms with E-state index in [0.717, 1.165) is 43.5 Å². The van der Waals surface area contributed by atoms with Crippen LogP contribution in [-0.4, -0.2) is 56.2 Å². The number of piperidine rings is 1. The molecule has 27 heavy (non-hydrogen) atoms. The van der Waals surface area contributed by atoms with Crippen LogP contribution in [0.3, 0.4) is 0 Å². The van der Waals surface area contributed by atoms with E-state index in [1.807, 2.05) is 35.4 Å². The molecule has 0 N–H and O–H groups in total. The van der Waals surface area contributed by atoms with Crippen LogP contribution in [-0.2, 0) is 4.74 Å². The van der Waals surface area contributed by atoms with Crippen molar-refractivity contribution >= 4 is 11.7 Å². The maximum Gasteiger partial charge on any atom is 0.253 e. The minimum atomic E-state index is 0.0523. The van der Waals surface area contributed by atoms with Gasteiger partial charge in [0.1, 0.15) is 6.33 Å². The second-order valence-corrected chi connectivity index (χ2v) is 6.81. The van der Waals surface area contributed by atoms with E-state index in [-0.39, 0.29) is 12.0 Å². The van der Waals surface area contributed by atoms with E-state index in [4.69, 9.17) is 4.74 Å². The molecule has 1 aromatic carbocycles. The summed E-state index contributed by atoms with van der Waals surface area (Å²) in [5.41, 5.74) is 2.51. The van der Waals surface area contributed by atoms with Crippen molar-refractivity contribution in [1.82, 2.24) is 24.5 Å². The number of rotatable bonds is 5. The molecule has 0 saturated carbocycles. The Balaban J connectivity index is 1.53. The third-order valence-corrected chi connectivity index (χ3v) is 4.80. The molecule has 1 saturated heterocycles. The Kier molecular flexibility index (Phi) is 5.11. The quantitative estimate of drug-likeness (QED) is 0.695. The number of amides is 1. The minimum absolute atomic E-state index is 0.0523. The van der Waals surface area contributed by atoms with Crippen LogP contribution in [0.1, 0.15) is 36.5 Å². The lowest BCUT2D eigenvalue weighted by Gasteiger charge is -2.32. The molecular formula is C20H23N5O2. The van der Waals surface area contributed by atoms with Crippen LogP contribution >= 0.6 is 0 Å². The predicted molar refractivity (Wildman–Crippen MR) is 101 cm³/mol. The van der Waals surface area contributed by atoms with Gasteiger partial charge in [0.2, 0.25) is 0 Å². The molecule has 7 nitrogen and oxygen atoms in total. The van der Waals surface area contributed by atoms with Crippen molar-refractivity contribution in [1.29, 1.82) is 0 Å². The first-order valence-electron chi connectivity index (χ1n) is 9.41. The zero-order valence-electron chi connectivity index (χ0n) is 15.4. The number of likely N-dealkylation sites (tertiary alicyclic amines) is 1. The van der Waals surface area contributed by atoms with Gasteiger partial charge >= 0.3 is 0 Å². The Morgan fingerprint density at radius 2 is 2.22 bits per heavy atom. The largest absolute Gasteiger partial charge is 0.376 e. The van der Waals surface area contributed by atoms with Gasteiger partial charge in [-0.15, -0.1) is 0 Å². The highest BCUT2D eigenvalue weighted by atomic mass is 16.5. The lowest BCUT2D eigenvalue weighted by atomic mass is 10.0. The molecular weight excluding hydrogens is 342 g/mol.